The summed E-state index contributed by atoms with van der Waals surface area (Å²) in [7, 11) is 0. The summed E-state index contributed by atoms with van der Waals surface area (Å²) in [4.78, 5) is 12.1. The van der Waals surface area contributed by atoms with Crippen molar-refractivity contribution in [1.29, 1.82) is 0 Å². The number of nitrogens with two attached hydrogens (primary N) is 1. The largest absolute Gasteiger partial charge is 0.454 e. The molecule has 0 bridgehead atoms. The first-order valence-electron chi connectivity index (χ1n) is 6.58. The van der Waals surface area contributed by atoms with Crippen LogP contribution < -0.4 is 15.2 Å². The molecule has 0 amide bonds. The minimum atomic E-state index is -0.646. The van der Waals surface area contributed by atoms with Crippen molar-refractivity contribution in [2.45, 2.75) is 31.2 Å². The maximum absolute atomic E-state index is 12.1. The van der Waals surface area contributed by atoms with Crippen LogP contribution in [0.3, 0.4) is 0 Å². The van der Waals surface area contributed by atoms with Gasteiger partial charge in [0.15, 0.2) is 17.3 Å². The van der Waals surface area contributed by atoms with Crippen LogP contribution in [-0.2, 0) is 4.79 Å². The third-order valence-electron chi connectivity index (χ3n) is 3.81. The molecule has 0 radical (unpaired) electrons. The van der Waals surface area contributed by atoms with Gasteiger partial charge in [-0.15, -0.1) is 0 Å². The van der Waals surface area contributed by atoms with E-state index in [9.17, 15) is 4.79 Å². The fraction of sp³-hybridized carbons (Fsp3) is 0.400. The second-order valence-corrected chi connectivity index (χ2v) is 5.17. The molecule has 1 aliphatic heterocycles. The first kappa shape index (κ1) is 12.2. The van der Waals surface area contributed by atoms with Gasteiger partial charge in [0.2, 0.25) is 6.79 Å². The van der Waals surface area contributed by atoms with E-state index in [-0.39, 0.29) is 12.6 Å². The van der Waals surface area contributed by atoms with E-state index >= 15 is 0 Å². The minimum Gasteiger partial charge on any atom is -0.454 e. The highest BCUT2D eigenvalue weighted by molar-refractivity contribution is 6.00. The van der Waals surface area contributed by atoms with Crippen LogP contribution in [0.1, 0.15) is 31.2 Å². The highest BCUT2D eigenvalue weighted by Gasteiger charge is 2.35. The van der Waals surface area contributed by atoms with Gasteiger partial charge in [0.05, 0.1) is 5.54 Å². The maximum atomic E-state index is 12.1. The fourth-order valence-corrected chi connectivity index (χ4v) is 2.61. The van der Waals surface area contributed by atoms with Crippen LogP contribution in [0.5, 0.6) is 11.5 Å². The molecule has 1 saturated carbocycles. The van der Waals surface area contributed by atoms with Crippen molar-refractivity contribution >= 4 is 11.9 Å². The van der Waals surface area contributed by atoms with Gasteiger partial charge in [0.25, 0.3) is 0 Å². The Balaban J connectivity index is 1.74. The van der Waals surface area contributed by atoms with Crippen molar-refractivity contribution in [1.82, 2.24) is 0 Å². The molecule has 1 aromatic rings. The molecule has 3 rings (SSSR count). The summed E-state index contributed by atoms with van der Waals surface area (Å²) in [5.41, 5.74) is 6.38. The van der Waals surface area contributed by atoms with Gasteiger partial charge in [-0.05, 0) is 36.6 Å². The molecule has 1 heterocycles. The topological polar surface area (TPSA) is 61.6 Å². The summed E-state index contributed by atoms with van der Waals surface area (Å²) in [6.07, 6.45) is 7.04. The van der Waals surface area contributed by atoms with E-state index in [4.69, 9.17) is 15.2 Å². The average molecular weight is 259 g/mol. The van der Waals surface area contributed by atoms with Gasteiger partial charge in [0, 0.05) is 0 Å². The zero-order chi connectivity index (χ0) is 13.3. The number of benzene rings is 1. The fourth-order valence-electron chi connectivity index (χ4n) is 2.61. The van der Waals surface area contributed by atoms with Gasteiger partial charge < -0.3 is 15.2 Å². The van der Waals surface area contributed by atoms with Crippen molar-refractivity contribution in [3.8, 4) is 11.5 Å². The van der Waals surface area contributed by atoms with E-state index < -0.39 is 5.54 Å². The van der Waals surface area contributed by atoms with Crippen LogP contribution in [0.15, 0.2) is 24.3 Å². The molecule has 0 saturated heterocycles. The van der Waals surface area contributed by atoms with Crippen LogP contribution in [0.4, 0.5) is 0 Å². The van der Waals surface area contributed by atoms with E-state index in [1.165, 1.54) is 0 Å². The number of ketones is 1. The van der Waals surface area contributed by atoms with Crippen molar-refractivity contribution in [3.05, 3.63) is 29.8 Å². The smallest absolute Gasteiger partial charge is 0.231 e. The lowest BCUT2D eigenvalue weighted by atomic mass is 9.93. The first-order valence-corrected chi connectivity index (χ1v) is 6.58. The van der Waals surface area contributed by atoms with Gasteiger partial charge in [-0.3, -0.25) is 4.79 Å². The summed E-state index contributed by atoms with van der Waals surface area (Å²) in [5.74, 6) is 1.48. The van der Waals surface area contributed by atoms with Crippen LogP contribution in [0.25, 0.3) is 6.08 Å². The molecule has 0 aromatic heterocycles. The highest BCUT2D eigenvalue weighted by Crippen LogP contribution is 2.33. The predicted molar refractivity (Wildman–Crippen MR) is 72.0 cm³/mol. The number of hydrogen-bond donors (Lipinski definition) is 1. The second-order valence-electron chi connectivity index (χ2n) is 5.17. The maximum Gasteiger partial charge on any atom is 0.231 e. The summed E-state index contributed by atoms with van der Waals surface area (Å²) >= 11 is 0. The summed E-state index contributed by atoms with van der Waals surface area (Å²) in [6.45, 7) is 0.257. The van der Waals surface area contributed by atoms with Crippen LogP contribution in [0, 0.1) is 0 Å². The molecule has 0 atom stereocenters. The Morgan fingerprint density at radius 3 is 2.74 bits per heavy atom. The quantitative estimate of drug-likeness (QED) is 0.846. The van der Waals surface area contributed by atoms with Gasteiger partial charge in [-0.1, -0.05) is 25.0 Å². The van der Waals surface area contributed by atoms with Crippen molar-refractivity contribution < 1.29 is 14.3 Å². The lowest BCUT2D eigenvalue weighted by molar-refractivity contribution is -0.119. The van der Waals surface area contributed by atoms with Crippen molar-refractivity contribution in [2.75, 3.05) is 6.79 Å². The monoisotopic (exact) mass is 259 g/mol. The lowest BCUT2D eigenvalue weighted by Crippen LogP contribution is -2.44. The van der Waals surface area contributed by atoms with Crippen molar-refractivity contribution in [2.24, 2.45) is 5.73 Å². The molecular weight excluding hydrogens is 242 g/mol. The van der Waals surface area contributed by atoms with E-state index in [0.29, 0.717) is 0 Å². The number of fused-ring (bicyclic) bond motifs is 1. The van der Waals surface area contributed by atoms with Crippen LogP contribution in [0.2, 0.25) is 0 Å². The number of rotatable bonds is 3. The molecule has 0 unspecified atom stereocenters. The summed E-state index contributed by atoms with van der Waals surface area (Å²) in [5, 5.41) is 0. The van der Waals surface area contributed by atoms with E-state index in [1.807, 2.05) is 18.2 Å². The Morgan fingerprint density at radius 2 is 1.95 bits per heavy atom. The molecule has 19 heavy (non-hydrogen) atoms. The molecule has 0 spiro atoms. The number of ether oxygens (including phenoxy) is 2. The van der Waals surface area contributed by atoms with Gasteiger partial charge in [-0.2, -0.15) is 0 Å². The van der Waals surface area contributed by atoms with E-state index in [0.717, 1.165) is 42.7 Å². The lowest BCUT2D eigenvalue weighted by Gasteiger charge is -2.19. The zero-order valence-electron chi connectivity index (χ0n) is 10.7. The molecule has 1 aliphatic carbocycles. The summed E-state index contributed by atoms with van der Waals surface area (Å²) in [6, 6.07) is 5.61. The van der Waals surface area contributed by atoms with E-state index in [1.54, 1.807) is 12.2 Å². The molecule has 4 nitrogen and oxygen atoms in total. The number of carbonyl (C=O) groups is 1. The zero-order valence-corrected chi connectivity index (χ0v) is 10.7. The first-order chi connectivity index (χ1) is 9.17. The molecule has 1 fully saturated rings. The third-order valence-corrected chi connectivity index (χ3v) is 3.81. The molecule has 1 aromatic carbocycles. The summed E-state index contributed by atoms with van der Waals surface area (Å²) < 4.78 is 10.5. The highest BCUT2D eigenvalue weighted by atomic mass is 16.7. The average Bonchev–Trinajstić information content (AvgIpc) is 3.04. The Kier molecular flexibility index (Phi) is 3.03. The normalized spacial score (nSPS) is 20.1. The second kappa shape index (κ2) is 4.70. The minimum absolute atomic E-state index is 0.0164. The molecule has 100 valence electrons. The van der Waals surface area contributed by atoms with Gasteiger partial charge in [0.1, 0.15) is 0 Å². The number of carbonyl (C=O) groups excluding carboxylic acids is 1. The molecule has 4 heteroatoms. The van der Waals surface area contributed by atoms with Crippen molar-refractivity contribution in [3.63, 3.8) is 0 Å². The van der Waals surface area contributed by atoms with Gasteiger partial charge in [-0.25, -0.2) is 0 Å². The SMILES string of the molecule is NC1(C(=O)/C=C/c2ccc3c(c2)OCO3)CCCC1. The molecule has 2 aliphatic rings. The molecule has 2 N–H and O–H groups in total. The van der Waals surface area contributed by atoms with Crippen LogP contribution in [-0.4, -0.2) is 18.1 Å². The van der Waals surface area contributed by atoms with Gasteiger partial charge >= 0.3 is 0 Å². The standard InChI is InChI=1S/C15H17NO3/c16-15(7-1-2-8-15)14(17)6-4-11-3-5-12-13(9-11)19-10-18-12/h3-6,9H,1-2,7-8,10,16H2/b6-4+. The number of hydrogen-bond acceptors (Lipinski definition) is 4. The molecular formula is C15H17NO3. The third kappa shape index (κ3) is 2.36. The Bertz CT molecular complexity index is 530. The Hall–Kier alpha value is -1.81. The Morgan fingerprint density at radius 1 is 1.21 bits per heavy atom. The van der Waals surface area contributed by atoms with Crippen LogP contribution >= 0.6 is 0 Å². The van der Waals surface area contributed by atoms with E-state index in [2.05, 4.69) is 0 Å². The Labute approximate surface area is 112 Å². The predicted octanol–water partition coefficient (Wildman–Crippen LogP) is 2.27.